The maximum atomic E-state index is 5.14. The SMILES string of the molecule is CC1CCC(C=NN=C(N)N)CC1. The van der Waals surface area contributed by atoms with Gasteiger partial charge in [0.15, 0.2) is 0 Å². The Labute approximate surface area is 79.1 Å². The van der Waals surface area contributed by atoms with E-state index in [2.05, 4.69) is 17.1 Å². The Balaban J connectivity index is 2.30. The van der Waals surface area contributed by atoms with Gasteiger partial charge in [0.25, 0.3) is 0 Å². The minimum Gasteiger partial charge on any atom is -0.369 e. The van der Waals surface area contributed by atoms with Crippen molar-refractivity contribution >= 4 is 12.2 Å². The van der Waals surface area contributed by atoms with Gasteiger partial charge in [0.05, 0.1) is 0 Å². The van der Waals surface area contributed by atoms with Crippen LogP contribution in [0.5, 0.6) is 0 Å². The lowest BCUT2D eigenvalue weighted by atomic mass is 9.84. The van der Waals surface area contributed by atoms with Gasteiger partial charge in [0.1, 0.15) is 0 Å². The summed E-state index contributed by atoms with van der Waals surface area (Å²) >= 11 is 0. The Morgan fingerprint density at radius 1 is 1.23 bits per heavy atom. The van der Waals surface area contributed by atoms with Crippen molar-refractivity contribution in [1.29, 1.82) is 0 Å². The number of hydrogen-bond acceptors (Lipinski definition) is 2. The van der Waals surface area contributed by atoms with E-state index in [9.17, 15) is 0 Å². The van der Waals surface area contributed by atoms with Gasteiger partial charge < -0.3 is 11.5 Å². The van der Waals surface area contributed by atoms with E-state index >= 15 is 0 Å². The van der Waals surface area contributed by atoms with Gasteiger partial charge in [0, 0.05) is 6.21 Å². The molecule has 0 aromatic rings. The van der Waals surface area contributed by atoms with E-state index < -0.39 is 0 Å². The van der Waals surface area contributed by atoms with Crippen molar-refractivity contribution < 1.29 is 0 Å². The molecule has 0 spiro atoms. The van der Waals surface area contributed by atoms with Crippen LogP contribution in [-0.4, -0.2) is 12.2 Å². The second-order valence-electron chi connectivity index (χ2n) is 3.81. The highest BCUT2D eigenvalue weighted by atomic mass is 15.3. The van der Waals surface area contributed by atoms with Gasteiger partial charge >= 0.3 is 0 Å². The zero-order valence-electron chi connectivity index (χ0n) is 8.11. The van der Waals surface area contributed by atoms with E-state index in [0.29, 0.717) is 5.92 Å². The van der Waals surface area contributed by atoms with Crippen LogP contribution in [0.25, 0.3) is 0 Å². The third-order valence-electron chi connectivity index (χ3n) is 2.51. The highest BCUT2D eigenvalue weighted by Gasteiger charge is 2.16. The first-order chi connectivity index (χ1) is 6.18. The van der Waals surface area contributed by atoms with Crippen LogP contribution in [0.4, 0.5) is 0 Å². The summed E-state index contributed by atoms with van der Waals surface area (Å²) in [5.41, 5.74) is 10.3. The summed E-state index contributed by atoms with van der Waals surface area (Å²) in [4.78, 5) is 0. The Morgan fingerprint density at radius 2 is 1.85 bits per heavy atom. The number of nitrogens with zero attached hydrogens (tertiary/aromatic N) is 2. The van der Waals surface area contributed by atoms with Crippen molar-refractivity contribution in [2.75, 3.05) is 0 Å². The van der Waals surface area contributed by atoms with Gasteiger partial charge in [-0.3, -0.25) is 0 Å². The quantitative estimate of drug-likeness (QED) is 0.381. The molecular formula is C9H18N4. The number of guanidine groups is 1. The maximum Gasteiger partial charge on any atom is 0.211 e. The van der Waals surface area contributed by atoms with E-state index in [0.717, 1.165) is 5.92 Å². The normalized spacial score (nSPS) is 29.0. The summed E-state index contributed by atoms with van der Waals surface area (Å²) in [5.74, 6) is 1.47. The Kier molecular flexibility index (Phi) is 3.73. The van der Waals surface area contributed by atoms with Crippen molar-refractivity contribution in [1.82, 2.24) is 0 Å². The van der Waals surface area contributed by atoms with E-state index in [1.54, 1.807) is 0 Å². The third-order valence-corrected chi connectivity index (χ3v) is 2.51. The topological polar surface area (TPSA) is 76.8 Å². The van der Waals surface area contributed by atoms with Crippen LogP contribution < -0.4 is 11.5 Å². The minimum absolute atomic E-state index is 0.0282. The second-order valence-corrected chi connectivity index (χ2v) is 3.81. The van der Waals surface area contributed by atoms with Crippen LogP contribution in [0.2, 0.25) is 0 Å². The number of hydrogen-bond donors (Lipinski definition) is 2. The molecule has 4 heteroatoms. The monoisotopic (exact) mass is 182 g/mol. The van der Waals surface area contributed by atoms with Gasteiger partial charge in [0.2, 0.25) is 5.96 Å². The number of nitrogens with two attached hydrogens (primary N) is 2. The van der Waals surface area contributed by atoms with Crippen molar-refractivity contribution in [2.24, 2.45) is 33.5 Å². The highest BCUT2D eigenvalue weighted by molar-refractivity contribution is 5.76. The van der Waals surface area contributed by atoms with Crippen molar-refractivity contribution in [3.63, 3.8) is 0 Å². The molecule has 0 radical (unpaired) electrons. The van der Waals surface area contributed by atoms with E-state index in [4.69, 9.17) is 11.5 Å². The summed E-state index contributed by atoms with van der Waals surface area (Å²) < 4.78 is 0. The van der Waals surface area contributed by atoms with Crippen LogP contribution in [-0.2, 0) is 0 Å². The van der Waals surface area contributed by atoms with Gasteiger partial charge in [-0.15, -0.1) is 5.10 Å². The van der Waals surface area contributed by atoms with E-state index in [1.165, 1.54) is 25.7 Å². The molecule has 13 heavy (non-hydrogen) atoms. The summed E-state index contributed by atoms with van der Waals surface area (Å²) in [6, 6.07) is 0. The molecule has 4 nitrogen and oxygen atoms in total. The predicted octanol–water partition coefficient (Wildman–Crippen LogP) is 1.07. The summed E-state index contributed by atoms with van der Waals surface area (Å²) in [6.45, 7) is 2.30. The molecule has 0 bridgehead atoms. The van der Waals surface area contributed by atoms with E-state index in [1.807, 2.05) is 6.21 Å². The third kappa shape index (κ3) is 3.92. The largest absolute Gasteiger partial charge is 0.369 e. The zero-order valence-corrected chi connectivity index (χ0v) is 8.11. The first-order valence-corrected chi connectivity index (χ1v) is 4.80. The van der Waals surface area contributed by atoms with Crippen molar-refractivity contribution in [3.8, 4) is 0 Å². The molecule has 4 N–H and O–H groups in total. The zero-order chi connectivity index (χ0) is 9.68. The average Bonchev–Trinajstić information content (AvgIpc) is 2.08. The van der Waals surface area contributed by atoms with Crippen molar-refractivity contribution in [3.05, 3.63) is 0 Å². The van der Waals surface area contributed by atoms with Crippen LogP contribution in [0.15, 0.2) is 10.2 Å². The predicted molar refractivity (Wildman–Crippen MR) is 55.4 cm³/mol. The fourth-order valence-corrected chi connectivity index (χ4v) is 1.63. The first kappa shape index (κ1) is 10.0. The Bertz CT molecular complexity index is 198. The standard InChI is InChI=1S/C9H18N4/c1-7-2-4-8(5-3-7)6-12-13-9(10)11/h6-8H,2-5H2,1H3,(H4,10,11,13). The lowest BCUT2D eigenvalue weighted by Gasteiger charge is -2.22. The molecule has 0 aliphatic heterocycles. The Morgan fingerprint density at radius 3 is 2.38 bits per heavy atom. The van der Waals surface area contributed by atoms with Gasteiger partial charge in [-0.2, -0.15) is 5.10 Å². The summed E-state index contributed by atoms with van der Waals surface area (Å²) in [5, 5.41) is 7.41. The number of rotatable bonds is 2. The summed E-state index contributed by atoms with van der Waals surface area (Å²) in [6.07, 6.45) is 6.87. The highest BCUT2D eigenvalue weighted by Crippen LogP contribution is 2.26. The molecule has 0 aromatic heterocycles. The molecule has 0 atom stereocenters. The molecule has 1 saturated carbocycles. The molecule has 0 heterocycles. The molecule has 0 unspecified atom stereocenters. The molecule has 1 fully saturated rings. The van der Waals surface area contributed by atoms with Crippen LogP contribution in [0.3, 0.4) is 0 Å². The first-order valence-electron chi connectivity index (χ1n) is 4.80. The van der Waals surface area contributed by atoms with Crippen LogP contribution >= 0.6 is 0 Å². The maximum absolute atomic E-state index is 5.14. The molecule has 1 aliphatic rings. The van der Waals surface area contributed by atoms with Gasteiger partial charge in [-0.1, -0.05) is 19.8 Å². The average molecular weight is 182 g/mol. The van der Waals surface area contributed by atoms with E-state index in [-0.39, 0.29) is 5.96 Å². The molecule has 0 amide bonds. The fraction of sp³-hybridized carbons (Fsp3) is 0.778. The minimum atomic E-state index is 0.0282. The smallest absolute Gasteiger partial charge is 0.211 e. The molecule has 1 rings (SSSR count). The molecular weight excluding hydrogens is 164 g/mol. The fourth-order valence-electron chi connectivity index (χ4n) is 1.63. The van der Waals surface area contributed by atoms with Crippen LogP contribution in [0.1, 0.15) is 32.6 Å². The van der Waals surface area contributed by atoms with Gasteiger partial charge in [-0.25, -0.2) is 0 Å². The van der Waals surface area contributed by atoms with Gasteiger partial charge in [-0.05, 0) is 24.7 Å². The molecule has 0 saturated heterocycles. The second kappa shape index (κ2) is 4.84. The lowest BCUT2D eigenvalue weighted by Crippen LogP contribution is -2.22. The van der Waals surface area contributed by atoms with Crippen LogP contribution in [0, 0.1) is 11.8 Å². The molecule has 74 valence electrons. The Hall–Kier alpha value is -1.06. The molecule has 1 aliphatic carbocycles. The molecule has 0 aromatic carbocycles. The summed E-state index contributed by atoms with van der Waals surface area (Å²) in [7, 11) is 0. The van der Waals surface area contributed by atoms with Crippen molar-refractivity contribution in [2.45, 2.75) is 32.6 Å². The lowest BCUT2D eigenvalue weighted by molar-refractivity contribution is 0.347.